The number of hydrogen-bond donors (Lipinski definition) is 1. The van der Waals surface area contributed by atoms with Gasteiger partial charge in [0.05, 0.1) is 6.54 Å². The molecule has 0 aliphatic carbocycles. The van der Waals surface area contributed by atoms with Crippen LogP contribution >= 0.6 is 0 Å². The van der Waals surface area contributed by atoms with Gasteiger partial charge in [0.1, 0.15) is 6.54 Å². The summed E-state index contributed by atoms with van der Waals surface area (Å²) >= 11 is 0. The van der Waals surface area contributed by atoms with Gasteiger partial charge in [-0.2, -0.15) is 0 Å². The SMILES string of the molecule is O=C(Cn1c(-c2ccccc2)noc1=O)NCC(=O)N1CCCC1. The summed E-state index contributed by atoms with van der Waals surface area (Å²) in [6, 6.07) is 8.97. The molecule has 1 aliphatic rings. The number of carbonyl (C=O) groups is 2. The van der Waals surface area contributed by atoms with Crippen LogP contribution in [0.25, 0.3) is 11.4 Å². The highest BCUT2D eigenvalue weighted by molar-refractivity contribution is 5.85. The fourth-order valence-corrected chi connectivity index (χ4v) is 2.65. The maximum Gasteiger partial charge on any atom is 0.442 e. The Kier molecular flexibility index (Phi) is 4.74. The highest BCUT2D eigenvalue weighted by Gasteiger charge is 2.19. The lowest BCUT2D eigenvalue weighted by Crippen LogP contribution is -2.40. The summed E-state index contributed by atoms with van der Waals surface area (Å²) in [5.41, 5.74) is 0.671. The number of rotatable bonds is 5. The smallest absolute Gasteiger partial charge is 0.345 e. The monoisotopic (exact) mass is 330 g/mol. The zero-order valence-electron chi connectivity index (χ0n) is 13.1. The van der Waals surface area contributed by atoms with E-state index in [-0.39, 0.29) is 24.8 Å². The number of nitrogens with one attached hydrogen (secondary N) is 1. The second-order valence-corrected chi connectivity index (χ2v) is 5.59. The van der Waals surface area contributed by atoms with Gasteiger partial charge in [-0.15, -0.1) is 0 Å². The number of amides is 2. The van der Waals surface area contributed by atoms with E-state index in [1.54, 1.807) is 29.2 Å². The lowest BCUT2D eigenvalue weighted by molar-refractivity contribution is -0.132. The van der Waals surface area contributed by atoms with E-state index in [1.807, 2.05) is 6.07 Å². The molecule has 0 unspecified atom stereocenters. The van der Waals surface area contributed by atoms with Crippen molar-refractivity contribution < 1.29 is 14.1 Å². The molecule has 2 heterocycles. The minimum Gasteiger partial charge on any atom is -0.345 e. The first kappa shape index (κ1) is 16.0. The summed E-state index contributed by atoms with van der Waals surface area (Å²) in [4.78, 5) is 37.5. The molecule has 24 heavy (non-hydrogen) atoms. The number of aromatic nitrogens is 2. The minimum atomic E-state index is -0.713. The first-order chi connectivity index (χ1) is 11.6. The Morgan fingerprint density at radius 3 is 2.58 bits per heavy atom. The molecule has 1 aliphatic heterocycles. The molecule has 0 saturated carbocycles. The second-order valence-electron chi connectivity index (χ2n) is 5.59. The van der Waals surface area contributed by atoms with Crippen molar-refractivity contribution in [2.24, 2.45) is 0 Å². The Labute approximate surface area is 138 Å². The van der Waals surface area contributed by atoms with Gasteiger partial charge in [0.15, 0.2) is 5.82 Å². The summed E-state index contributed by atoms with van der Waals surface area (Å²) in [7, 11) is 0. The van der Waals surface area contributed by atoms with E-state index in [0.717, 1.165) is 30.5 Å². The Hall–Kier alpha value is -2.90. The zero-order valence-corrected chi connectivity index (χ0v) is 13.1. The fraction of sp³-hybridized carbons (Fsp3) is 0.375. The third-order valence-electron chi connectivity index (χ3n) is 3.92. The third-order valence-corrected chi connectivity index (χ3v) is 3.92. The molecule has 0 bridgehead atoms. The van der Waals surface area contributed by atoms with Gasteiger partial charge in [-0.3, -0.25) is 14.1 Å². The molecule has 0 spiro atoms. The summed E-state index contributed by atoms with van der Waals surface area (Å²) in [6.45, 7) is 1.15. The zero-order chi connectivity index (χ0) is 16.9. The number of nitrogens with zero attached hydrogens (tertiary/aromatic N) is 3. The van der Waals surface area contributed by atoms with Crippen molar-refractivity contribution in [1.82, 2.24) is 19.9 Å². The van der Waals surface area contributed by atoms with Gasteiger partial charge in [-0.25, -0.2) is 9.36 Å². The minimum absolute atomic E-state index is 0.0699. The van der Waals surface area contributed by atoms with Crippen LogP contribution in [-0.4, -0.2) is 46.1 Å². The van der Waals surface area contributed by atoms with E-state index in [2.05, 4.69) is 15.0 Å². The van der Waals surface area contributed by atoms with Crippen molar-refractivity contribution >= 4 is 11.8 Å². The van der Waals surface area contributed by atoms with Crippen LogP contribution in [0.3, 0.4) is 0 Å². The Morgan fingerprint density at radius 2 is 1.88 bits per heavy atom. The fourth-order valence-electron chi connectivity index (χ4n) is 2.65. The Balaban J connectivity index is 1.63. The van der Waals surface area contributed by atoms with Crippen LogP contribution in [-0.2, 0) is 16.1 Å². The van der Waals surface area contributed by atoms with Crippen LogP contribution in [0.1, 0.15) is 12.8 Å². The molecule has 8 nitrogen and oxygen atoms in total. The van der Waals surface area contributed by atoms with Crippen LogP contribution in [0, 0.1) is 0 Å². The third kappa shape index (κ3) is 3.53. The Bertz CT molecular complexity index is 775. The van der Waals surface area contributed by atoms with Crippen molar-refractivity contribution in [3.63, 3.8) is 0 Å². The maximum atomic E-state index is 12.1. The molecule has 1 aromatic heterocycles. The standard InChI is InChI=1S/C16H18N4O4/c21-13(17-10-14(22)19-8-4-5-9-19)11-20-15(18-24-16(20)23)12-6-2-1-3-7-12/h1-3,6-7H,4-5,8-11H2,(H,17,21). The molecular formula is C16H18N4O4. The van der Waals surface area contributed by atoms with Crippen molar-refractivity contribution in [2.75, 3.05) is 19.6 Å². The largest absolute Gasteiger partial charge is 0.442 e. The van der Waals surface area contributed by atoms with Crippen LogP contribution in [0.5, 0.6) is 0 Å². The molecule has 2 aromatic rings. The molecule has 0 radical (unpaired) electrons. The van der Waals surface area contributed by atoms with Gasteiger partial charge in [0.2, 0.25) is 11.8 Å². The molecule has 0 atom stereocenters. The van der Waals surface area contributed by atoms with Crippen LogP contribution < -0.4 is 11.1 Å². The van der Waals surface area contributed by atoms with Crippen molar-refractivity contribution in [2.45, 2.75) is 19.4 Å². The summed E-state index contributed by atoms with van der Waals surface area (Å²) in [6.07, 6.45) is 1.99. The van der Waals surface area contributed by atoms with Gasteiger partial charge in [0, 0.05) is 18.7 Å². The molecular weight excluding hydrogens is 312 g/mol. The molecule has 1 saturated heterocycles. The Morgan fingerprint density at radius 1 is 1.17 bits per heavy atom. The highest BCUT2D eigenvalue weighted by atomic mass is 16.5. The van der Waals surface area contributed by atoms with Gasteiger partial charge in [0.25, 0.3) is 0 Å². The van der Waals surface area contributed by atoms with Gasteiger partial charge >= 0.3 is 5.76 Å². The van der Waals surface area contributed by atoms with Crippen molar-refractivity contribution in [3.05, 3.63) is 40.9 Å². The number of hydrogen-bond acceptors (Lipinski definition) is 5. The first-order valence-corrected chi connectivity index (χ1v) is 7.81. The topological polar surface area (TPSA) is 97.4 Å². The van der Waals surface area contributed by atoms with Crippen LogP contribution in [0.2, 0.25) is 0 Å². The summed E-state index contributed by atoms with van der Waals surface area (Å²) < 4.78 is 5.80. The van der Waals surface area contributed by atoms with E-state index >= 15 is 0 Å². The second kappa shape index (κ2) is 7.12. The summed E-state index contributed by atoms with van der Waals surface area (Å²) in [5, 5.41) is 6.26. The van der Waals surface area contributed by atoms with E-state index in [0.29, 0.717) is 5.56 Å². The average Bonchev–Trinajstić information content (AvgIpc) is 3.25. The predicted octanol–water partition coefficient (Wildman–Crippen LogP) is 0.242. The van der Waals surface area contributed by atoms with Gasteiger partial charge in [-0.05, 0) is 12.8 Å². The van der Waals surface area contributed by atoms with Crippen molar-refractivity contribution in [1.29, 1.82) is 0 Å². The van der Waals surface area contributed by atoms with Gasteiger partial charge < -0.3 is 10.2 Å². The molecule has 1 aromatic carbocycles. The highest BCUT2D eigenvalue weighted by Crippen LogP contribution is 2.14. The normalized spacial score (nSPS) is 13.9. The number of benzene rings is 1. The van der Waals surface area contributed by atoms with E-state index in [4.69, 9.17) is 0 Å². The molecule has 126 valence electrons. The maximum absolute atomic E-state index is 12.1. The molecule has 3 rings (SSSR count). The number of carbonyl (C=O) groups excluding carboxylic acids is 2. The summed E-state index contributed by atoms with van der Waals surface area (Å²) in [5.74, 6) is -0.983. The lowest BCUT2D eigenvalue weighted by Gasteiger charge is -2.15. The van der Waals surface area contributed by atoms with E-state index in [1.165, 1.54) is 0 Å². The molecule has 2 amide bonds. The average molecular weight is 330 g/mol. The molecule has 1 N–H and O–H groups in total. The van der Waals surface area contributed by atoms with Crippen LogP contribution in [0.4, 0.5) is 0 Å². The van der Waals surface area contributed by atoms with E-state index in [9.17, 15) is 14.4 Å². The number of likely N-dealkylation sites (tertiary alicyclic amines) is 1. The quantitative estimate of drug-likeness (QED) is 0.847. The molecule has 8 heteroatoms. The van der Waals surface area contributed by atoms with Crippen LogP contribution in [0.15, 0.2) is 39.6 Å². The molecule has 1 fully saturated rings. The van der Waals surface area contributed by atoms with E-state index < -0.39 is 11.7 Å². The first-order valence-electron chi connectivity index (χ1n) is 7.81. The van der Waals surface area contributed by atoms with Gasteiger partial charge in [-0.1, -0.05) is 35.5 Å². The predicted molar refractivity (Wildman–Crippen MR) is 85.0 cm³/mol. The van der Waals surface area contributed by atoms with Crippen molar-refractivity contribution in [3.8, 4) is 11.4 Å². The lowest BCUT2D eigenvalue weighted by atomic mass is 10.2.